The zero-order valence-corrected chi connectivity index (χ0v) is 13.6. The van der Waals surface area contributed by atoms with Crippen molar-refractivity contribution in [1.82, 2.24) is 0 Å². The highest BCUT2D eigenvalue weighted by Crippen LogP contribution is 2.36. The van der Waals surface area contributed by atoms with E-state index in [0.29, 0.717) is 0 Å². The third-order valence-electron chi connectivity index (χ3n) is 3.88. The van der Waals surface area contributed by atoms with Gasteiger partial charge >= 0.3 is 0 Å². The lowest BCUT2D eigenvalue weighted by atomic mass is 9.94. The van der Waals surface area contributed by atoms with Gasteiger partial charge in [-0.2, -0.15) is 0 Å². The van der Waals surface area contributed by atoms with E-state index in [0.717, 1.165) is 16.7 Å². The Morgan fingerprint density at radius 1 is 0.857 bits per heavy atom. The number of benzene rings is 3. The van der Waals surface area contributed by atoms with Gasteiger partial charge in [0.05, 0.1) is 4.83 Å². The first-order valence-electron chi connectivity index (χ1n) is 6.95. The molecule has 0 aliphatic carbocycles. The van der Waals surface area contributed by atoms with Gasteiger partial charge in [-0.05, 0) is 65.1 Å². The van der Waals surface area contributed by atoms with Crippen LogP contribution < -0.4 is 0 Å². The molecular weight excluding hydrogens is 327 g/mol. The van der Waals surface area contributed by atoms with Crippen LogP contribution in [-0.2, 0) is 0 Å². The molecule has 1 atom stereocenters. The van der Waals surface area contributed by atoms with Crippen molar-refractivity contribution in [2.75, 3.05) is 0 Å². The highest BCUT2D eigenvalue weighted by atomic mass is 79.9. The minimum atomic E-state index is -0.174. The van der Waals surface area contributed by atoms with E-state index >= 15 is 0 Å². The van der Waals surface area contributed by atoms with Crippen LogP contribution in [0.5, 0.6) is 0 Å². The van der Waals surface area contributed by atoms with Crippen molar-refractivity contribution in [3.63, 3.8) is 0 Å². The summed E-state index contributed by atoms with van der Waals surface area (Å²) in [5, 5.41) is 2.45. The van der Waals surface area contributed by atoms with Crippen molar-refractivity contribution in [3.05, 3.63) is 82.7 Å². The second kappa shape index (κ2) is 5.61. The van der Waals surface area contributed by atoms with Crippen molar-refractivity contribution in [3.8, 4) is 0 Å². The smallest absolute Gasteiger partial charge is 0.123 e. The van der Waals surface area contributed by atoms with Crippen LogP contribution in [0.4, 0.5) is 4.39 Å². The molecule has 0 heterocycles. The summed E-state index contributed by atoms with van der Waals surface area (Å²) in [6.07, 6.45) is 0. The maximum Gasteiger partial charge on any atom is 0.123 e. The number of alkyl halides is 1. The average Bonchev–Trinajstić information content (AvgIpc) is 2.45. The number of hydrogen-bond acceptors (Lipinski definition) is 0. The monoisotopic (exact) mass is 342 g/mol. The molecule has 0 N–H and O–H groups in total. The molecule has 0 fully saturated rings. The van der Waals surface area contributed by atoms with Crippen LogP contribution in [0.25, 0.3) is 10.8 Å². The molecule has 0 aliphatic rings. The van der Waals surface area contributed by atoms with Crippen LogP contribution in [0.1, 0.15) is 27.1 Å². The van der Waals surface area contributed by atoms with Gasteiger partial charge in [0.2, 0.25) is 0 Å². The molecule has 3 aromatic carbocycles. The van der Waals surface area contributed by atoms with Gasteiger partial charge in [-0.25, -0.2) is 4.39 Å². The summed E-state index contributed by atoms with van der Waals surface area (Å²) in [7, 11) is 0. The van der Waals surface area contributed by atoms with E-state index in [1.807, 2.05) is 26.0 Å². The van der Waals surface area contributed by atoms with Gasteiger partial charge in [-0.1, -0.05) is 52.3 Å². The van der Waals surface area contributed by atoms with E-state index in [2.05, 4.69) is 46.3 Å². The SMILES string of the molecule is Cc1cc(F)cc(C)c1C(Br)c1ccc2ccccc2c1. The minimum absolute atomic E-state index is 0.0720. The first-order valence-corrected chi connectivity index (χ1v) is 7.87. The lowest BCUT2D eigenvalue weighted by Gasteiger charge is -2.17. The van der Waals surface area contributed by atoms with Gasteiger partial charge < -0.3 is 0 Å². The van der Waals surface area contributed by atoms with Gasteiger partial charge in [-0.15, -0.1) is 0 Å². The summed E-state index contributed by atoms with van der Waals surface area (Å²) in [5.74, 6) is -0.174. The van der Waals surface area contributed by atoms with Gasteiger partial charge in [0, 0.05) is 0 Å². The highest BCUT2D eigenvalue weighted by molar-refractivity contribution is 9.09. The van der Waals surface area contributed by atoms with E-state index in [4.69, 9.17) is 0 Å². The largest absolute Gasteiger partial charge is 0.207 e. The lowest BCUT2D eigenvalue weighted by molar-refractivity contribution is 0.624. The number of rotatable bonds is 2. The molecule has 3 aromatic rings. The van der Waals surface area contributed by atoms with Crippen molar-refractivity contribution in [2.24, 2.45) is 0 Å². The van der Waals surface area contributed by atoms with Crippen molar-refractivity contribution in [1.29, 1.82) is 0 Å². The number of aryl methyl sites for hydroxylation is 2. The number of fused-ring (bicyclic) bond motifs is 1. The quantitative estimate of drug-likeness (QED) is 0.495. The summed E-state index contributed by atoms with van der Waals surface area (Å²) in [4.78, 5) is 0.0720. The summed E-state index contributed by atoms with van der Waals surface area (Å²) >= 11 is 3.78. The van der Waals surface area contributed by atoms with Gasteiger partial charge in [0.15, 0.2) is 0 Å². The van der Waals surface area contributed by atoms with E-state index in [1.54, 1.807) is 12.1 Å². The highest BCUT2D eigenvalue weighted by Gasteiger charge is 2.16. The Balaban J connectivity index is 2.10. The Morgan fingerprint density at radius 3 is 2.14 bits per heavy atom. The molecule has 0 nitrogen and oxygen atoms in total. The molecule has 0 radical (unpaired) electrons. The summed E-state index contributed by atoms with van der Waals surface area (Å²) in [6.45, 7) is 3.92. The van der Waals surface area contributed by atoms with Crippen LogP contribution in [0, 0.1) is 19.7 Å². The second-order valence-electron chi connectivity index (χ2n) is 5.42. The standard InChI is InChI=1S/C19H16BrF/c1-12-9-17(21)10-13(2)18(12)19(20)16-8-7-14-5-3-4-6-15(14)11-16/h3-11,19H,1-2H3. The summed E-state index contributed by atoms with van der Waals surface area (Å²) in [5.41, 5.74) is 4.28. The van der Waals surface area contributed by atoms with Crippen molar-refractivity contribution in [2.45, 2.75) is 18.7 Å². The lowest BCUT2D eigenvalue weighted by Crippen LogP contribution is -2.00. The summed E-state index contributed by atoms with van der Waals surface area (Å²) < 4.78 is 13.5. The second-order valence-corrected chi connectivity index (χ2v) is 6.34. The number of halogens is 2. The normalized spacial score (nSPS) is 12.6. The van der Waals surface area contributed by atoms with Crippen LogP contribution in [0.2, 0.25) is 0 Å². The molecule has 0 bridgehead atoms. The van der Waals surface area contributed by atoms with E-state index in [9.17, 15) is 4.39 Å². The third-order valence-corrected chi connectivity index (χ3v) is 4.86. The predicted octanol–water partition coefficient (Wildman–Crippen LogP) is 6.08. The average molecular weight is 343 g/mol. The molecule has 0 spiro atoms. The van der Waals surface area contributed by atoms with Gasteiger partial charge in [0.25, 0.3) is 0 Å². The number of hydrogen-bond donors (Lipinski definition) is 0. The molecule has 2 heteroatoms. The molecule has 0 aliphatic heterocycles. The Hall–Kier alpha value is -1.67. The fourth-order valence-electron chi connectivity index (χ4n) is 2.85. The first kappa shape index (κ1) is 14.3. The Bertz CT molecular complexity index is 785. The van der Waals surface area contributed by atoms with Crippen LogP contribution >= 0.6 is 15.9 Å². The fraction of sp³-hybridized carbons (Fsp3) is 0.158. The molecule has 0 amide bonds. The maximum absolute atomic E-state index is 13.5. The van der Waals surface area contributed by atoms with Crippen molar-refractivity contribution < 1.29 is 4.39 Å². The molecular formula is C19H16BrF. The van der Waals surface area contributed by atoms with Crippen LogP contribution in [-0.4, -0.2) is 0 Å². The molecule has 1 unspecified atom stereocenters. The molecule has 0 saturated heterocycles. The zero-order valence-electron chi connectivity index (χ0n) is 12.0. The molecule has 0 aromatic heterocycles. The molecule has 106 valence electrons. The van der Waals surface area contributed by atoms with E-state index in [-0.39, 0.29) is 10.6 Å². The Kier molecular flexibility index (Phi) is 3.81. The van der Waals surface area contributed by atoms with Gasteiger partial charge in [-0.3, -0.25) is 0 Å². The van der Waals surface area contributed by atoms with Gasteiger partial charge in [0.1, 0.15) is 5.82 Å². The van der Waals surface area contributed by atoms with E-state index in [1.165, 1.54) is 16.3 Å². The third kappa shape index (κ3) is 2.73. The molecule has 3 rings (SSSR count). The maximum atomic E-state index is 13.5. The Labute approximate surface area is 132 Å². The molecule has 21 heavy (non-hydrogen) atoms. The first-order chi connectivity index (χ1) is 10.1. The summed E-state index contributed by atoms with van der Waals surface area (Å²) in [6, 6.07) is 18.0. The van der Waals surface area contributed by atoms with Crippen LogP contribution in [0.15, 0.2) is 54.6 Å². The van der Waals surface area contributed by atoms with E-state index < -0.39 is 0 Å². The predicted molar refractivity (Wildman–Crippen MR) is 90.6 cm³/mol. The minimum Gasteiger partial charge on any atom is -0.207 e. The topological polar surface area (TPSA) is 0 Å². The zero-order chi connectivity index (χ0) is 15.0. The van der Waals surface area contributed by atoms with Crippen LogP contribution in [0.3, 0.4) is 0 Å². The fourth-order valence-corrected chi connectivity index (χ4v) is 3.86. The Morgan fingerprint density at radius 2 is 1.48 bits per heavy atom. The molecule has 0 saturated carbocycles. The van der Waals surface area contributed by atoms with Crippen molar-refractivity contribution >= 4 is 26.7 Å².